The van der Waals surface area contributed by atoms with Crippen molar-refractivity contribution in [3.8, 4) is 0 Å². The van der Waals surface area contributed by atoms with E-state index in [9.17, 15) is 40.3 Å². The van der Waals surface area contributed by atoms with Crippen LogP contribution < -0.4 is 0 Å². The van der Waals surface area contributed by atoms with E-state index >= 15 is 0 Å². The maximum Gasteiger partial charge on any atom is 0.460 e. The number of carbonyl (C=O) groups excluding carboxylic acids is 2. The van der Waals surface area contributed by atoms with E-state index < -0.39 is 42.1 Å². The third-order valence-corrected chi connectivity index (χ3v) is 3.10. The van der Waals surface area contributed by atoms with Crippen LogP contribution in [0.15, 0.2) is 24.3 Å². The minimum absolute atomic E-state index is 0.0149. The first-order chi connectivity index (χ1) is 12.2. The first kappa shape index (κ1) is 22.7. The van der Waals surface area contributed by atoms with E-state index in [1.54, 1.807) is 13.8 Å². The number of alkyl halides is 7. The number of rotatable bonds is 7. The van der Waals surface area contributed by atoms with Crippen LogP contribution in [-0.4, -0.2) is 43.2 Å². The summed E-state index contributed by atoms with van der Waals surface area (Å²) in [4.78, 5) is 23.2. The Hall–Kier alpha value is -2.33. The summed E-state index contributed by atoms with van der Waals surface area (Å²) in [7, 11) is 0. The number of carbonyl (C=O) groups is 2. The highest BCUT2D eigenvalue weighted by Gasteiger charge is 2.73. The summed E-state index contributed by atoms with van der Waals surface area (Å²) in [5.74, 6) is -14.2. The molecule has 1 aromatic carbocycles. The van der Waals surface area contributed by atoms with Gasteiger partial charge in [-0.3, -0.25) is 0 Å². The molecule has 1 aromatic rings. The fourth-order valence-electron chi connectivity index (χ4n) is 1.61. The number of benzene rings is 1. The summed E-state index contributed by atoms with van der Waals surface area (Å²) < 4.78 is 96.4. The lowest BCUT2D eigenvalue weighted by molar-refractivity contribution is -0.359. The zero-order valence-electron chi connectivity index (χ0n) is 14.1. The molecule has 152 valence electrons. The average Bonchev–Trinajstić information content (AvgIpc) is 2.56. The van der Waals surface area contributed by atoms with Crippen LogP contribution in [0.4, 0.5) is 30.7 Å². The van der Waals surface area contributed by atoms with E-state index in [-0.39, 0.29) is 18.1 Å². The van der Waals surface area contributed by atoms with E-state index in [0.717, 1.165) is 24.3 Å². The molecule has 27 heavy (non-hydrogen) atoms. The number of hydrogen-bond acceptors (Lipinski definition) is 4. The Morgan fingerprint density at radius 1 is 0.852 bits per heavy atom. The van der Waals surface area contributed by atoms with E-state index in [1.807, 2.05) is 0 Å². The molecule has 4 nitrogen and oxygen atoms in total. The molecule has 0 fully saturated rings. The predicted molar refractivity (Wildman–Crippen MR) is 77.8 cm³/mol. The molecule has 0 aromatic heterocycles. The summed E-state index contributed by atoms with van der Waals surface area (Å²) >= 11 is 0. The zero-order chi connectivity index (χ0) is 21.0. The van der Waals surface area contributed by atoms with Crippen LogP contribution in [0, 0.1) is 5.92 Å². The van der Waals surface area contributed by atoms with Crippen LogP contribution in [0.25, 0.3) is 0 Å². The van der Waals surface area contributed by atoms with Gasteiger partial charge in [0, 0.05) is 0 Å². The van der Waals surface area contributed by atoms with Crippen LogP contribution in [0.3, 0.4) is 0 Å². The molecule has 0 saturated carbocycles. The summed E-state index contributed by atoms with van der Waals surface area (Å²) in [6.45, 7) is 1.25. The largest absolute Gasteiger partial charge is 0.462 e. The van der Waals surface area contributed by atoms with Gasteiger partial charge in [0.05, 0.1) is 17.7 Å². The Morgan fingerprint density at radius 3 is 1.63 bits per heavy atom. The van der Waals surface area contributed by atoms with E-state index in [0.29, 0.717) is 0 Å². The van der Waals surface area contributed by atoms with Gasteiger partial charge in [0.15, 0.2) is 6.61 Å². The van der Waals surface area contributed by atoms with Crippen molar-refractivity contribution in [3.05, 3.63) is 35.4 Å². The summed E-state index contributed by atoms with van der Waals surface area (Å²) in [6.07, 6.45) is -6.51. The van der Waals surface area contributed by atoms with Gasteiger partial charge in [-0.1, -0.05) is 13.8 Å². The van der Waals surface area contributed by atoms with Crippen LogP contribution in [0.1, 0.15) is 34.6 Å². The van der Waals surface area contributed by atoms with Crippen molar-refractivity contribution < 1.29 is 49.8 Å². The second kappa shape index (κ2) is 8.13. The minimum atomic E-state index is -6.51. The lowest BCUT2D eigenvalue weighted by atomic mass is 10.1. The molecule has 0 N–H and O–H groups in total. The molecular weight excluding hydrogens is 389 g/mol. The van der Waals surface area contributed by atoms with Crippen molar-refractivity contribution in [2.45, 2.75) is 31.9 Å². The van der Waals surface area contributed by atoms with Crippen LogP contribution in [-0.2, 0) is 9.47 Å². The fourth-order valence-corrected chi connectivity index (χ4v) is 1.61. The number of hydrogen-bond donors (Lipinski definition) is 0. The molecule has 0 spiro atoms. The smallest absolute Gasteiger partial charge is 0.460 e. The molecule has 0 heterocycles. The fraction of sp³-hybridized carbons (Fsp3) is 0.500. The maximum absolute atomic E-state index is 13.1. The summed E-state index contributed by atoms with van der Waals surface area (Å²) in [5, 5.41) is 0. The van der Waals surface area contributed by atoms with Crippen LogP contribution in [0.2, 0.25) is 0 Å². The molecule has 0 bridgehead atoms. The van der Waals surface area contributed by atoms with Gasteiger partial charge in [-0.05, 0) is 30.2 Å². The molecule has 0 radical (unpaired) electrons. The van der Waals surface area contributed by atoms with Crippen LogP contribution in [0.5, 0.6) is 0 Å². The van der Waals surface area contributed by atoms with Gasteiger partial charge >= 0.3 is 30.0 Å². The third kappa shape index (κ3) is 5.57. The van der Waals surface area contributed by atoms with Gasteiger partial charge in [0.25, 0.3) is 0 Å². The Morgan fingerprint density at radius 2 is 1.26 bits per heavy atom. The summed E-state index contributed by atoms with van der Waals surface area (Å²) in [5.41, 5.74) is -0.414. The van der Waals surface area contributed by atoms with E-state index in [1.165, 1.54) is 0 Å². The maximum atomic E-state index is 13.1. The highest BCUT2D eigenvalue weighted by Crippen LogP contribution is 2.46. The Balaban J connectivity index is 2.74. The monoisotopic (exact) mass is 404 g/mol. The van der Waals surface area contributed by atoms with E-state index in [2.05, 4.69) is 4.74 Å². The SMILES string of the molecule is CC(C)COC(=O)c1ccc(C(=O)OCC(F)(F)C(F)(F)C(F)(F)F)cc1. The molecule has 0 saturated heterocycles. The first-order valence-corrected chi connectivity index (χ1v) is 7.45. The van der Waals surface area contributed by atoms with Crippen LogP contribution >= 0.6 is 0 Å². The minimum Gasteiger partial charge on any atom is -0.462 e. The van der Waals surface area contributed by atoms with Crippen molar-refractivity contribution in [1.29, 1.82) is 0 Å². The van der Waals surface area contributed by atoms with Gasteiger partial charge in [-0.25, -0.2) is 9.59 Å². The quantitative estimate of drug-likeness (QED) is 0.497. The second-order valence-corrected chi connectivity index (χ2v) is 5.92. The van der Waals surface area contributed by atoms with Crippen molar-refractivity contribution in [3.63, 3.8) is 0 Å². The van der Waals surface area contributed by atoms with Crippen molar-refractivity contribution in [2.75, 3.05) is 13.2 Å². The third-order valence-electron chi connectivity index (χ3n) is 3.10. The molecule has 1 rings (SSSR count). The molecule has 0 atom stereocenters. The average molecular weight is 404 g/mol. The molecular formula is C16H15F7O4. The van der Waals surface area contributed by atoms with Gasteiger partial charge in [-0.15, -0.1) is 0 Å². The molecule has 11 heteroatoms. The summed E-state index contributed by atoms with van der Waals surface area (Å²) in [6, 6.07) is 4.08. The number of halogens is 7. The highest BCUT2D eigenvalue weighted by molar-refractivity contribution is 5.93. The zero-order valence-corrected chi connectivity index (χ0v) is 14.1. The molecule has 0 amide bonds. The predicted octanol–water partition coefficient (Wildman–Crippen LogP) is 4.49. The Kier molecular flexibility index (Phi) is 6.84. The Bertz CT molecular complexity index is 666. The van der Waals surface area contributed by atoms with Gasteiger partial charge in [-0.2, -0.15) is 30.7 Å². The Labute approximate surface area is 149 Å². The second-order valence-electron chi connectivity index (χ2n) is 5.92. The number of ether oxygens (including phenoxy) is 2. The van der Waals surface area contributed by atoms with Gasteiger partial charge in [0.1, 0.15) is 0 Å². The van der Waals surface area contributed by atoms with E-state index in [4.69, 9.17) is 4.74 Å². The standard InChI is InChI=1S/C16H15F7O4/c1-9(2)7-26-12(24)10-3-5-11(6-4-10)13(25)27-8-14(17,18)15(19,20)16(21,22)23/h3-6,9H,7-8H2,1-2H3. The first-order valence-electron chi connectivity index (χ1n) is 7.45. The normalized spacial score (nSPS) is 12.8. The van der Waals surface area contributed by atoms with Crippen molar-refractivity contribution in [1.82, 2.24) is 0 Å². The molecule has 0 aliphatic carbocycles. The van der Waals surface area contributed by atoms with Gasteiger partial charge < -0.3 is 9.47 Å². The van der Waals surface area contributed by atoms with Gasteiger partial charge in [0.2, 0.25) is 0 Å². The highest BCUT2D eigenvalue weighted by atomic mass is 19.4. The molecule has 0 aliphatic heterocycles. The topological polar surface area (TPSA) is 52.6 Å². The van der Waals surface area contributed by atoms with Crippen molar-refractivity contribution in [2.24, 2.45) is 5.92 Å². The lowest BCUT2D eigenvalue weighted by Crippen LogP contribution is -2.54. The molecule has 0 aliphatic rings. The lowest BCUT2D eigenvalue weighted by Gasteiger charge is -2.27. The number of esters is 2. The van der Waals surface area contributed by atoms with Crippen molar-refractivity contribution >= 4 is 11.9 Å². The molecule has 0 unspecified atom stereocenters.